The van der Waals surface area contributed by atoms with Crippen LogP contribution in [0.25, 0.3) is 17.0 Å². The third-order valence-electron chi connectivity index (χ3n) is 7.36. The smallest absolute Gasteiger partial charge is 0.427 e. The Hall–Kier alpha value is -3.30. The van der Waals surface area contributed by atoms with Crippen molar-refractivity contribution in [1.29, 1.82) is 0 Å². The molecule has 0 amide bonds. The van der Waals surface area contributed by atoms with Crippen molar-refractivity contribution >= 4 is 34.9 Å². The highest BCUT2D eigenvalue weighted by molar-refractivity contribution is 6.37. The number of esters is 1. The Balaban J connectivity index is 1.76. The molecular weight excluding hydrogens is 583 g/mol. The summed E-state index contributed by atoms with van der Waals surface area (Å²) in [7, 11) is 0. The Morgan fingerprint density at radius 2 is 1.55 bits per heavy atom. The Kier molecular flexibility index (Phi) is 12.1. The molecular formula is C31H38Cl2N2O7. The zero-order chi connectivity index (χ0) is 31.0. The Morgan fingerprint density at radius 1 is 0.952 bits per heavy atom. The van der Waals surface area contributed by atoms with Gasteiger partial charge in [-0.05, 0) is 51.0 Å². The van der Waals surface area contributed by atoms with E-state index in [0.717, 1.165) is 23.8 Å². The van der Waals surface area contributed by atoms with Crippen molar-refractivity contribution in [2.45, 2.75) is 91.9 Å². The number of hydrogen-bond donors (Lipinski definition) is 1. The van der Waals surface area contributed by atoms with Crippen LogP contribution in [0.4, 0.5) is 5.69 Å². The van der Waals surface area contributed by atoms with Crippen LogP contribution in [-0.4, -0.2) is 27.2 Å². The molecule has 9 nitrogen and oxygen atoms in total. The highest BCUT2D eigenvalue weighted by atomic mass is 35.5. The summed E-state index contributed by atoms with van der Waals surface area (Å²) in [5.74, 6) is -2.57. The SMILES string of the molecule is CCCCCCCCCCCCOC(=O)c1cc(-n2c(O)c(-c3c(C)cc(C)c([N+](=O)[O-])c3C)oc2=O)c(Cl)cc1Cl. The van der Waals surface area contributed by atoms with Gasteiger partial charge in [0.15, 0.2) is 0 Å². The fraction of sp³-hybridized carbons (Fsp3) is 0.484. The lowest BCUT2D eigenvalue weighted by molar-refractivity contribution is -0.386. The number of aromatic hydroxyl groups is 1. The van der Waals surface area contributed by atoms with Gasteiger partial charge in [0.25, 0.3) is 5.69 Å². The van der Waals surface area contributed by atoms with Crippen molar-refractivity contribution in [3.05, 3.63) is 71.2 Å². The maximum Gasteiger partial charge on any atom is 0.427 e. The van der Waals surface area contributed by atoms with Crippen molar-refractivity contribution in [1.82, 2.24) is 4.57 Å². The van der Waals surface area contributed by atoms with Crippen LogP contribution in [-0.2, 0) is 4.74 Å². The molecule has 0 saturated carbocycles. The number of nitro groups is 1. The van der Waals surface area contributed by atoms with Gasteiger partial charge in [-0.3, -0.25) is 10.1 Å². The Morgan fingerprint density at radius 3 is 2.14 bits per heavy atom. The number of nitrogens with zero attached hydrogens (tertiary/aromatic N) is 2. The van der Waals surface area contributed by atoms with Crippen LogP contribution in [0, 0.1) is 30.9 Å². The first kappa shape index (κ1) is 33.2. The van der Waals surface area contributed by atoms with E-state index in [1.54, 1.807) is 19.9 Å². The normalized spacial score (nSPS) is 11.2. The monoisotopic (exact) mass is 620 g/mol. The number of nitro benzene ring substituents is 1. The molecule has 2 aromatic carbocycles. The molecule has 0 unspecified atom stereocenters. The summed E-state index contributed by atoms with van der Waals surface area (Å²) >= 11 is 12.7. The topological polar surface area (TPSA) is 125 Å². The lowest BCUT2D eigenvalue weighted by Crippen LogP contribution is -2.14. The minimum atomic E-state index is -1.00. The van der Waals surface area contributed by atoms with Gasteiger partial charge in [-0.1, -0.05) is 87.9 Å². The second-order valence-corrected chi connectivity index (χ2v) is 11.4. The van der Waals surface area contributed by atoms with E-state index in [9.17, 15) is 24.8 Å². The van der Waals surface area contributed by atoms with Gasteiger partial charge < -0.3 is 14.3 Å². The van der Waals surface area contributed by atoms with Crippen molar-refractivity contribution in [3.8, 4) is 22.9 Å². The van der Waals surface area contributed by atoms with E-state index in [1.807, 2.05) is 0 Å². The summed E-state index contributed by atoms with van der Waals surface area (Å²) in [5, 5.41) is 22.7. The Labute approximate surface area is 255 Å². The standard InChI is InChI=1S/C31H38Cl2N2O7/c1-5-6-7-8-9-10-11-12-13-14-15-41-30(37)22-17-25(24(33)18-23(22)32)34-29(36)28(42-31(34)38)26-19(2)16-20(3)27(21(26)4)35(39)40/h16-18,36H,5-15H2,1-4H3. The van der Waals surface area contributed by atoms with Gasteiger partial charge in [-0.15, -0.1) is 0 Å². The molecule has 0 saturated heterocycles. The average molecular weight is 622 g/mol. The van der Waals surface area contributed by atoms with Crippen LogP contribution in [0.1, 0.15) is 98.2 Å². The van der Waals surface area contributed by atoms with Crippen LogP contribution in [0.5, 0.6) is 5.88 Å². The highest BCUT2D eigenvalue weighted by Crippen LogP contribution is 2.41. The molecule has 0 bridgehead atoms. The summed E-state index contributed by atoms with van der Waals surface area (Å²) in [6.45, 7) is 7.24. The van der Waals surface area contributed by atoms with Crippen molar-refractivity contribution < 1.29 is 24.0 Å². The third-order valence-corrected chi connectivity index (χ3v) is 7.97. The second kappa shape index (κ2) is 15.3. The molecule has 3 rings (SSSR count). The number of oxazole rings is 1. The molecule has 0 aliphatic carbocycles. The van der Waals surface area contributed by atoms with E-state index >= 15 is 0 Å². The molecule has 228 valence electrons. The van der Waals surface area contributed by atoms with Gasteiger partial charge in [-0.2, -0.15) is 0 Å². The van der Waals surface area contributed by atoms with Crippen LogP contribution in [0.2, 0.25) is 10.0 Å². The van der Waals surface area contributed by atoms with Crippen LogP contribution < -0.4 is 5.76 Å². The number of aryl methyl sites for hydroxylation is 2. The average Bonchev–Trinajstić information content (AvgIpc) is 3.19. The maximum atomic E-state index is 12.9. The predicted molar refractivity (Wildman–Crippen MR) is 164 cm³/mol. The number of hydrogen-bond acceptors (Lipinski definition) is 7. The zero-order valence-electron chi connectivity index (χ0n) is 24.6. The van der Waals surface area contributed by atoms with Crippen molar-refractivity contribution in [3.63, 3.8) is 0 Å². The molecule has 0 radical (unpaired) electrons. The quantitative estimate of drug-likeness (QED) is 0.0777. The Bertz CT molecular complexity index is 1490. The molecule has 0 spiro atoms. The molecule has 0 aliphatic rings. The summed E-state index contributed by atoms with van der Waals surface area (Å²) in [6, 6.07) is 4.11. The molecule has 3 aromatic rings. The number of benzene rings is 2. The fourth-order valence-electron chi connectivity index (χ4n) is 5.24. The van der Waals surface area contributed by atoms with Gasteiger partial charge in [0.05, 0.1) is 32.8 Å². The van der Waals surface area contributed by atoms with Gasteiger partial charge in [0, 0.05) is 16.7 Å². The zero-order valence-corrected chi connectivity index (χ0v) is 26.1. The van der Waals surface area contributed by atoms with Crippen LogP contribution >= 0.6 is 23.2 Å². The number of carbonyl (C=O) groups excluding carboxylic acids is 1. The third kappa shape index (κ3) is 7.75. The number of aromatic nitrogens is 1. The van der Waals surface area contributed by atoms with E-state index in [2.05, 4.69) is 6.92 Å². The number of carbonyl (C=O) groups is 1. The molecule has 0 aliphatic heterocycles. The number of rotatable bonds is 15. The largest absolute Gasteiger partial charge is 0.491 e. The first-order chi connectivity index (χ1) is 20.0. The minimum Gasteiger partial charge on any atom is -0.491 e. The first-order valence-corrected chi connectivity index (χ1v) is 15.1. The lowest BCUT2D eigenvalue weighted by atomic mass is 9.96. The highest BCUT2D eigenvalue weighted by Gasteiger charge is 2.29. The summed E-state index contributed by atoms with van der Waals surface area (Å²) in [4.78, 5) is 36.9. The van der Waals surface area contributed by atoms with Crippen LogP contribution in [0.15, 0.2) is 27.4 Å². The molecule has 1 heterocycles. The lowest BCUT2D eigenvalue weighted by Gasteiger charge is -2.12. The molecule has 42 heavy (non-hydrogen) atoms. The number of halogens is 2. The maximum absolute atomic E-state index is 12.9. The van der Waals surface area contributed by atoms with Crippen LogP contribution in [0.3, 0.4) is 0 Å². The molecule has 0 atom stereocenters. The van der Waals surface area contributed by atoms with Gasteiger partial charge in [0.2, 0.25) is 11.6 Å². The second-order valence-electron chi connectivity index (χ2n) is 10.6. The van der Waals surface area contributed by atoms with Crippen molar-refractivity contribution in [2.75, 3.05) is 6.61 Å². The number of ether oxygens (including phenoxy) is 1. The summed E-state index contributed by atoms with van der Waals surface area (Å²) in [5.41, 5.74) is 1.19. The molecule has 1 aromatic heterocycles. The minimum absolute atomic E-state index is 0.0222. The van der Waals surface area contributed by atoms with E-state index in [0.29, 0.717) is 17.5 Å². The summed E-state index contributed by atoms with van der Waals surface area (Å²) < 4.78 is 11.6. The summed E-state index contributed by atoms with van der Waals surface area (Å²) in [6.07, 6.45) is 11.5. The molecule has 11 heteroatoms. The van der Waals surface area contributed by atoms with E-state index in [-0.39, 0.29) is 50.5 Å². The van der Waals surface area contributed by atoms with Gasteiger partial charge in [0.1, 0.15) is 0 Å². The van der Waals surface area contributed by atoms with E-state index in [4.69, 9.17) is 32.4 Å². The molecule has 1 N–H and O–H groups in total. The first-order valence-electron chi connectivity index (χ1n) is 14.4. The molecule has 0 fully saturated rings. The number of unbranched alkanes of at least 4 members (excludes halogenated alkanes) is 9. The predicted octanol–water partition coefficient (Wildman–Crippen LogP) is 9.02. The fourth-order valence-corrected chi connectivity index (χ4v) is 5.79. The van der Waals surface area contributed by atoms with E-state index in [1.165, 1.54) is 57.6 Å². The van der Waals surface area contributed by atoms with Gasteiger partial charge >= 0.3 is 11.7 Å². The van der Waals surface area contributed by atoms with Gasteiger partial charge in [-0.25, -0.2) is 14.2 Å². The van der Waals surface area contributed by atoms with E-state index < -0.39 is 22.5 Å². The van der Waals surface area contributed by atoms with Crippen molar-refractivity contribution in [2.24, 2.45) is 0 Å².